The minimum atomic E-state index is -0.897. The Morgan fingerprint density at radius 3 is 2.64 bits per heavy atom. The van der Waals surface area contributed by atoms with Crippen LogP contribution in [0.15, 0.2) is 18.2 Å². The number of likely N-dealkylation sites (tertiary alicyclic amines) is 1. The number of hydrogen-bond donors (Lipinski definition) is 2. The molecule has 2 saturated heterocycles. The fraction of sp³-hybridized carbons (Fsp3) is 0.353. The molecule has 0 saturated carbocycles. The highest BCUT2D eigenvalue weighted by Crippen LogP contribution is 2.33. The summed E-state index contributed by atoms with van der Waals surface area (Å²) in [6.07, 6.45) is 0.768. The molecule has 0 bridgehead atoms. The molecule has 2 N–H and O–H groups in total. The molecule has 6 nitrogen and oxygen atoms in total. The third kappa shape index (κ3) is 2.48. The predicted molar refractivity (Wildman–Crippen MR) is 91.1 cm³/mol. The first-order valence-electron chi connectivity index (χ1n) is 8.01. The molecule has 4 rings (SSSR count). The normalized spacial score (nSPS) is 19.4. The Labute approximate surface area is 147 Å². The average molecular weight is 361 g/mol. The summed E-state index contributed by atoms with van der Waals surface area (Å²) in [6.45, 7) is 2.59. The van der Waals surface area contributed by atoms with Gasteiger partial charge in [-0.25, -0.2) is 9.18 Å². The zero-order chi connectivity index (χ0) is 17.8. The third-order valence-electron chi connectivity index (χ3n) is 5.01. The van der Waals surface area contributed by atoms with Crippen molar-refractivity contribution in [1.29, 1.82) is 0 Å². The van der Waals surface area contributed by atoms with Gasteiger partial charge in [0.2, 0.25) is 0 Å². The summed E-state index contributed by atoms with van der Waals surface area (Å²) in [6, 6.07) is 4.04. The summed E-state index contributed by atoms with van der Waals surface area (Å²) < 4.78 is 14.3. The Bertz CT molecular complexity index is 915. The van der Waals surface area contributed by atoms with E-state index < -0.39 is 11.6 Å². The van der Waals surface area contributed by atoms with E-state index in [1.807, 2.05) is 6.92 Å². The first-order valence-corrected chi connectivity index (χ1v) is 8.83. The lowest BCUT2D eigenvalue weighted by atomic mass is 9.87. The van der Waals surface area contributed by atoms with Crippen molar-refractivity contribution in [3.8, 4) is 0 Å². The van der Waals surface area contributed by atoms with E-state index in [-0.39, 0.29) is 17.6 Å². The molecule has 2 aliphatic heterocycles. The number of piperidine rings is 1. The van der Waals surface area contributed by atoms with Gasteiger partial charge in [0.15, 0.2) is 0 Å². The van der Waals surface area contributed by atoms with Gasteiger partial charge in [-0.1, -0.05) is 0 Å². The van der Waals surface area contributed by atoms with Gasteiger partial charge in [0.1, 0.15) is 11.4 Å². The molecule has 1 spiro atoms. The van der Waals surface area contributed by atoms with E-state index in [0.717, 1.165) is 15.6 Å². The summed E-state index contributed by atoms with van der Waals surface area (Å²) in [4.78, 5) is 38.5. The Morgan fingerprint density at radius 1 is 1.28 bits per heavy atom. The molecule has 3 heterocycles. The standard InChI is InChI=1S/C17H16FN3O3S/c1-9-11-8-10(18)2-3-12(11)25-13(9)14(22)21-6-4-17(5-7-21)15(23)19-16(24)20-17/h2-3,8H,4-7H2,1H3,(H2,19,20,23,24). The van der Waals surface area contributed by atoms with E-state index in [1.54, 1.807) is 11.0 Å². The highest BCUT2D eigenvalue weighted by Gasteiger charge is 2.48. The van der Waals surface area contributed by atoms with Crippen LogP contribution in [0.3, 0.4) is 0 Å². The van der Waals surface area contributed by atoms with Crippen LogP contribution in [0.25, 0.3) is 10.1 Å². The number of halogens is 1. The van der Waals surface area contributed by atoms with Crippen LogP contribution in [-0.2, 0) is 4.79 Å². The van der Waals surface area contributed by atoms with Crippen LogP contribution < -0.4 is 10.6 Å². The van der Waals surface area contributed by atoms with Gasteiger partial charge in [0.25, 0.3) is 11.8 Å². The Morgan fingerprint density at radius 2 is 2.00 bits per heavy atom. The lowest BCUT2D eigenvalue weighted by molar-refractivity contribution is -0.125. The number of amides is 4. The first kappa shape index (κ1) is 16.0. The van der Waals surface area contributed by atoms with Gasteiger partial charge in [0.05, 0.1) is 4.88 Å². The number of carbonyl (C=O) groups is 3. The molecule has 0 unspecified atom stereocenters. The Hall–Kier alpha value is -2.48. The fourth-order valence-corrected chi connectivity index (χ4v) is 4.67. The maximum atomic E-state index is 13.5. The summed E-state index contributed by atoms with van der Waals surface area (Å²) in [5.74, 6) is -0.757. The first-order chi connectivity index (χ1) is 11.9. The molecule has 1 aromatic carbocycles. The van der Waals surface area contributed by atoms with Crippen LogP contribution in [0.4, 0.5) is 9.18 Å². The van der Waals surface area contributed by atoms with Crippen molar-refractivity contribution < 1.29 is 18.8 Å². The SMILES string of the molecule is Cc1c(C(=O)N2CCC3(CC2)NC(=O)NC3=O)sc2ccc(F)cc12. The van der Waals surface area contributed by atoms with E-state index in [0.29, 0.717) is 30.8 Å². The molecule has 4 amide bonds. The van der Waals surface area contributed by atoms with Crippen molar-refractivity contribution in [2.45, 2.75) is 25.3 Å². The molecule has 8 heteroatoms. The number of aryl methyl sites for hydroxylation is 1. The fourth-order valence-electron chi connectivity index (χ4n) is 3.51. The minimum absolute atomic E-state index is 0.112. The quantitative estimate of drug-likeness (QED) is 0.764. The third-order valence-corrected chi connectivity index (χ3v) is 6.27. The van der Waals surface area contributed by atoms with Crippen LogP contribution in [0.5, 0.6) is 0 Å². The summed E-state index contributed by atoms with van der Waals surface area (Å²) in [5.41, 5.74) is -0.122. The van der Waals surface area contributed by atoms with Crippen molar-refractivity contribution in [3.63, 3.8) is 0 Å². The van der Waals surface area contributed by atoms with Crippen molar-refractivity contribution in [2.24, 2.45) is 0 Å². The van der Waals surface area contributed by atoms with E-state index in [9.17, 15) is 18.8 Å². The predicted octanol–water partition coefficient (Wildman–Crippen LogP) is 2.16. The second kappa shape index (κ2) is 5.52. The molecular weight excluding hydrogens is 345 g/mol. The maximum Gasteiger partial charge on any atom is 0.322 e. The van der Waals surface area contributed by atoms with Gasteiger partial charge in [-0.05, 0) is 48.9 Å². The molecule has 0 atom stereocenters. The second-order valence-corrected chi connectivity index (χ2v) is 7.53. The van der Waals surface area contributed by atoms with Gasteiger partial charge in [-0.3, -0.25) is 14.9 Å². The molecule has 0 radical (unpaired) electrons. The van der Waals surface area contributed by atoms with Crippen molar-refractivity contribution in [2.75, 3.05) is 13.1 Å². The van der Waals surface area contributed by atoms with Gasteiger partial charge in [-0.2, -0.15) is 0 Å². The summed E-state index contributed by atoms with van der Waals surface area (Å²) in [7, 11) is 0. The highest BCUT2D eigenvalue weighted by atomic mass is 32.1. The number of thiophene rings is 1. The number of benzene rings is 1. The number of fused-ring (bicyclic) bond motifs is 1. The van der Waals surface area contributed by atoms with E-state index in [4.69, 9.17) is 0 Å². The number of urea groups is 1. The van der Waals surface area contributed by atoms with Crippen LogP contribution in [0, 0.1) is 12.7 Å². The molecule has 130 valence electrons. The summed E-state index contributed by atoms with van der Waals surface area (Å²) in [5, 5.41) is 5.69. The molecule has 2 fully saturated rings. The van der Waals surface area contributed by atoms with Crippen molar-refractivity contribution in [3.05, 3.63) is 34.5 Å². The lowest BCUT2D eigenvalue weighted by Gasteiger charge is -2.36. The molecule has 2 aromatic rings. The van der Waals surface area contributed by atoms with Gasteiger partial charge < -0.3 is 10.2 Å². The van der Waals surface area contributed by atoms with Gasteiger partial charge in [-0.15, -0.1) is 11.3 Å². The van der Waals surface area contributed by atoms with Gasteiger partial charge >= 0.3 is 6.03 Å². The highest BCUT2D eigenvalue weighted by molar-refractivity contribution is 7.21. The van der Waals surface area contributed by atoms with E-state index >= 15 is 0 Å². The topological polar surface area (TPSA) is 78.5 Å². The lowest BCUT2D eigenvalue weighted by Crippen LogP contribution is -2.55. The number of nitrogens with zero attached hydrogens (tertiary/aromatic N) is 1. The molecule has 0 aliphatic carbocycles. The largest absolute Gasteiger partial charge is 0.338 e. The van der Waals surface area contributed by atoms with Crippen LogP contribution in [0.2, 0.25) is 0 Å². The number of imide groups is 1. The average Bonchev–Trinajstić information content (AvgIpc) is 3.05. The van der Waals surface area contributed by atoms with E-state index in [1.165, 1.54) is 23.5 Å². The van der Waals surface area contributed by atoms with Crippen LogP contribution in [-0.4, -0.2) is 41.4 Å². The zero-order valence-electron chi connectivity index (χ0n) is 13.5. The van der Waals surface area contributed by atoms with Crippen LogP contribution in [0.1, 0.15) is 28.1 Å². The smallest absolute Gasteiger partial charge is 0.322 e. The van der Waals surface area contributed by atoms with E-state index in [2.05, 4.69) is 10.6 Å². The Kier molecular flexibility index (Phi) is 3.54. The maximum absolute atomic E-state index is 13.5. The minimum Gasteiger partial charge on any atom is -0.338 e. The van der Waals surface area contributed by atoms with Crippen molar-refractivity contribution in [1.82, 2.24) is 15.5 Å². The molecular formula is C17H16FN3O3S. The molecule has 1 aromatic heterocycles. The molecule has 2 aliphatic rings. The number of hydrogen-bond acceptors (Lipinski definition) is 4. The zero-order valence-corrected chi connectivity index (χ0v) is 14.3. The number of rotatable bonds is 1. The van der Waals surface area contributed by atoms with Gasteiger partial charge in [0, 0.05) is 17.8 Å². The number of carbonyl (C=O) groups excluding carboxylic acids is 3. The van der Waals surface area contributed by atoms with Crippen LogP contribution >= 0.6 is 11.3 Å². The number of nitrogens with one attached hydrogen (secondary N) is 2. The molecule has 25 heavy (non-hydrogen) atoms. The monoisotopic (exact) mass is 361 g/mol. The van der Waals surface area contributed by atoms with Crippen molar-refractivity contribution >= 4 is 39.3 Å². The summed E-state index contributed by atoms with van der Waals surface area (Å²) >= 11 is 1.35. The Balaban J connectivity index is 1.56. The second-order valence-electron chi connectivity index (χ2n) is 6.48.